The van der Waals surface area contributed by atoms with E-state index in [2.05, 4.69) is 5.10 Å². The molecule has 2 aromatic carbocycles. The molecule has 3 rings (SSSR count). The number of hydrazone groups is 1. The first-order valence-electron chi connectivity index (χ1n) is 8.82. The molecule has 148 valence electrons. The van der Waals surface area contributed by atoms with Crippen molar-refractivity contribution in [3.63, 3.8) is 0 Å². The molecule has 29 heavy (non-hydrogen) atoms. The van der Waals surface area contributed by atoms with E-state index in [1.54, 1.807) is 30.5 Å². The zero-order valence-corrected chi connectivity index (χ0v) is 16.2. The Labute approximate surface area is 172 Å². The second kappa shape index (κ2) is 9.18. The van der Waals surface area contributed by atoms with Crippen LogP contribution >= 0.6 is 11.6 Å². The van der Waals surface area contributed by atoms with Crippen molar-refractivity contribution in [2.45, 2.75) is 12.5 Å². The van der Waals surface area contributed by atoms with Crippen molar-refractivity contribution < 1.29 is 4.79 Å². The molecule has 0 amide bonds. The summed E-state index contributed by atoms with van der Waals surface area (Å²) in [5, 5.41) is 5.14. The van der Waals surface area contributed by atoms with E-state index < -0.39 is 6.04 Å². The summed E-state index contributed by atoms with van der Waals surface area (Å²) in [6, 6.07) is 17.2. The van der Waals surface area contributed by atoms with Gasteiger partial charge in [-0.1, -0.05) is 41.9 Å². The van der Waals surface area contributed by atoms with Crippen LogP contribution in [0.25, 0.3) is 11.1 Å². The van der Waals surface area contributed by atoms with Gasteiger partial charge in [-0.2, -0.15) is 5.10 Å². The van der Waals surface area contributed by atoms with E-state index in [9.17, 15) is 9.59 Å². The summed E-state index contributed by atoms with van der Waals surface area (Å²) in [5.41, 5.74) is 2.47. The van der Waals surface area contributed by atoms with Gasteiger partial charge in [0.25, 0.3) is 5.56 Å². The van der Waals surface area contributed by atoms with Crippen LogP contribution in [-0.4, -0.2) is 17.2 Å². The fraction of sp³-hybridized carbons (Fsp3) is 0.0952. The number of nitrogens with zero attached hydrogens (tertiary/aromatic N) is 3. The van der Waals surface area contributed by atoms with Crippen LogP contribution in [0.2, 0.25) is 5.02 Å². The molecule has 1 heterocycles. The largest absolute Gasteiger partial charge is 0.322 e. The normalized spacial score (nSPS) is 12.1. The van der Waals surface area contributed by atoms with Crippen LogP contribution in [0, 0.1) is 0 Å². The molecule has 0 aliphatic heterocycles. The van der Waals surface area contributed by atoms with E-state index in [1.165, 1.54) is 22.0 Å². The number of benzene rings is 2. The number of anilines is 1. The molecular weight excluding hydrogens is 390 g/mol. The maximum absolute atomic E-state index is 12.8. The van der Waals surface area contributed by atoms with E-state index >= 15 is 0 Å². The third kappa shape index (κ3) is 4.71. The molecule has 0 fully saturated rings. The number of hydrogen-bond acceptors (Lipinski definition) is 5. The number of halogens is 1. The lowest BCUT2D eigenvalue weighted by Crippen LogP contribution is -2.30. The number of hydrazine groups is 1. The Morgan fingerprint density at radius 3 is 2.55 bits per heavy atom. The number of rotatable bonds is 7. The predicted molar refractivity (Wildman–Crippen MR) is 116 cm³/mol. The molecule has 3 aromatic rings. The number of aldehydes is 1. The minimum atomic E-state index is -0.604. The zero-order valence-electron chi connectivity index (χ0n) is 15.5. The Morgan fingerprint density at radius 1 is 1.14 bits per heavy atom. The summed E-state index contributed by atoms with van der Waals surface area (Å²) >= 11 is 6.14. The highest BCUT2D eigenvalue weighted by atomic mass is 35.5. The van der Waals surface area contributed by atoms with Crippen LogP contribution in [0.5, 0.6) is 0 Å². The summed E-state index contributed by atoms with van der Waals surface area (Å²) in [7, 11) is 0. The molecule has 0 saturated carbocycles. The summed E-state index contributed by atoms with van der Waals surface area (Å²) in [6.07, 6.45) is 4.05. The van der Waals surface area contributed by atoms with Crippen LogP contribution in [0.1, 0.15) is 11.6 Å². The van der Waals surface area contributed by atoms with Crippen molar-refractivity contribution in [2.75, 3.05) is 5.01 Å². The molecule has 0 spiro atoms. The Hall–Kier alpha value is -3.42. The van der Waals surface area contributed by atoms with E-state index in [4.69, 9.17) is 23.3 Å². The van der Waals surface area contributed by atoms with Gasteiger partial charge in [-0.3, -0.25) is 9.80 Å². The van der Waals surface area contributed by atoms with Gasteiger partial charge in [0.15, 0.2) is 0 Å². The number of nitrogens with two attached hydrogens (primary N) is 2. The van der Waals surface area contributed by atoms with Gasteiger partial charge in [-0.05, 0) is 35.4 Å². The second-order valence-electron chi connectivity index (χ2n) is 6.39. The van der Waals surface area contributed by atoms with E-state index in [0.29, 0.717) is 28.3 Å². The lowest BCUT2D eigenvalue weighted by molar-refractivity contribution is -0.110. The molecule has 7 nitrogen and oxygen atoms in total. The average molecular weight is 410 g/mol. The van der Waals surface area contributed by atoms with Gasteiger partial charge in [0, 0.05) is 29.3 Å². The summed E-state index contributed by atoms with van der Waals surface area (Å²) in [4.78, 5) is 24.4. The minimum Gasteiger partial charge on any atom is -0.322 e. The van der Waals surface area contributed by atoms with Gasteiger partial charge in [0.2, 0.25) is 0 Å². The number of aromatic nitrogens is 1. The van der Waals surface area contributed by atoms with Crippen LogP contribution in [0.4, 0.5) is 5.69 Å². The molecule has 4 N–H and O–H groups in total. The van der Waals surface area contributed by atoms with Crippen molar-refractivity contribution in [1.82, 2.24) is 4.57 Å². The third-order valence-corrected chi connectivity index (χ3v) is 4.72. The highest BCUT2D eigenvalue weighted by Gasteiger charge is 2.15. The Balaban J connectivity index is 1.99. The van der Waals surface area contributed by atoms with Gasteiger partial charge in [0.1, 0.15) is 12.6 Å². The predicted octanol–water partition coefficient (Wildman–Crippen LogP) is 2.73. The summed E-state index contributed by atoms with van der Waals surface area (Å²) in [5.74, 6) is 11.1. The maximum atomic E-state index is 12.8. The monoisotopic (exact) mass is 409 g/mol. The molecule has 0 bridgehead atoms. The second-order valence-corrected chi connectivity index (χ2v) is 6.82. The summed E-state index contributed by atoms with van der Waals surface area (Å²) in [6.45, 7) is 0. The molecular formula is C21H20ClN5O2. The van der Waals surface area contributed by atoms with Crippen LogP contribution in [0.15, 0.2) is 76.8 Å². The zero-order chi connectivity index (χ0) is 20.8. The first kappa shape index (κ1) is 20.3. The lowest BCUT2D eigenvalue weighted by atomic mass is 10.0. The maximum Gasteiger partial charge on any atom is 0.251 e. The van der Waals surface area contributed by atoms with Gasteiger partial charge in [-0.15, -0.1) is 0 Å². The number of carbonyl (C=O) groups is 1. The molecule has 1 aromatic heterocycles. The third-order valence-electron chi connectivity index (χ3n) is 4.49. The van der Waals surface area contributed by atoms with E-state index in [1.807, 2.05) is 30.3 Å². The number of carbonyl (C=O) groups excluding carboxylic acids is 1. The van der Waals surface area contributed by atoms with Crippen LogP contribution in [-0.2, 0) is 11.2 Å². The number of hydrogen-bond donors (Lipinski definition) is 2. The molecule has 8 heteroatoms. The molecule has 0 aliphatic rings. The van der Waals surface area contributed by atoms with Gasteiger partial charge in [0.05, 0.1) is 11.7 Å². The minimum absolute atomic E-state index is 0.308. The van der Waals surface area contributed by atoms with Crippen LogP contribution in [0.3, 0.4) is 0 Å². The molecule has 0 radical (unpaired) electrons. The SMILES string of the molecule is N/N=C\N(N)c1ccc(Cl)cc1-c1ccn(C(C=O)Cc2ccccc2)c(=O)c1. The van der Waals surface area contributed by atoms with Crippen molar-refractivity contribution in [3.8, 4) is 11.1 Å². The quantitative estimate of drug-likeness (QED) is 0.205. The first-order valence-corrected chi connectivity index (χ1v) is 9.20. The Kier molecular flexibility index (Phi) is 6.43. The fourth-order valence-corrected chi connectivity index (χ4v) is 3.27. The van der Waals surface area contributed by atoms with Crippen molar-refractivity contribution in [1.29, 1.82) is 0 Å². The molecule has 1 unspecified atom stereocenters. The Morgan fingerprint density at radius 2 is 1.90 bits per heavy atom. The molecule has 0 saturated heterocycles. The van der Waals surface area contributed by atoms with E-state index in [0.717, 1.165) is 11.8 Å². The Bertz CT molecular complexity index is 1080. The number of pyridine rings is 1. The van der Waals surface area contributed by atoms with Crippen LogP contribution < -0.4 is 22.3 Å². The van der Waals surface area contributed by atoms with Crippen molar-refractivity contribution >= 4 is 29.9 Å². The highest BCUT2D eigenvalue weighted by molar-refractivity contribution is 6.31. The fourth-order valence-electron chi connectivity index (χ4n) is 3.10. The summed E-state index contributed by atoms with van der Waals surface area (Å²) < 4.78 is 1.41. The topological polar surface area (TPSA) is 107 Å². The first-order chi connectivity index (χ1) is 14.0. The smallest absolute Gasteiger partial charge is 0.251 e. The van der Waals surface area contributed by atoms with Gasteiger partial charge < -0.3 is 15.2 Å². The van der Waals surface area contributed by atoms with Gasteiger partial charge in [-0.25, -0.2) is 5.84 Å². The molecule has 1 atom stereocenters. The highest BCUT2D eigenvalue weighted by Crippen LogP contribution is 2.31. The van der Waals surface area contributed by atoms with Gasteiger partial charge >= 0.3 is 0 Å². The lowest BCUT2D eigenvalue weighted by Gasteiger charge is -2.19. The van der Waals surface area contributed by atoms with Crippen molar-refractivity contribution in [2.24, 2.45) is 16.8 Å². The van der Waals surface area contributed by atoms with Crippen molar-refractivity contribution in [3.05, 3.63) is 87.8 Å². The average Bonchev–Trinajstić information content (AvgIpc) is 2.73. The standard InChI is InChI=1S/C21H20ClN5O2/c22-17-6-7-20(27(24)14-25-23)19(12-17)16-8-9-26(21(29)11-16)18(13-28)10-15-4-2-1-3-5-15/h1-9,11-14,18H,10,23-24H2/b25-14-. The van der Waals surface area contributed by atoms with E-state index in [-0.39, 0.29) is 5.56 Å². The molecule has 0 aliphatic carbocycles.